The molecular formula is C7H16O6. The molecule has 0 aliphatic rings. The third-order valence-electron chi connectivity index (χ3n) is 1.78. The van der Waals surface area contributed by atoms with Gasteiger partial charge in [-0.1, -0.05) is 0 Å². The lowest BCUT2D eigenvalue weighted by molar-refractivity contribution is -0.137. The Morgan fingerprint density at radius 2 is 1.31 bits per heavy atom. The Hall–Kier alpha value is -0.240. The molecule has 0 aromatic carbocycles. The molecule has 0 aliphatic heterocycles. The van der Waals surface area contributed by atoms with Gasteiger partial charge < -0.3 is 30.6 Å². The smallest absolute Gasteiger partial charge is 0.111 e. The molecule has 6 nitrogen and oxygen atoms in total. The summed E-state index contributed by atoms with van der Waals surface area (Å²) in [5.74, 6) is 0. The molecule has 0 saturated heterocycles. The fourth-order valence-corrected chi connectivity index (χ4v) is 0.823. The summed E-state index contributed by atoms with van der Waals surface area (Å²) in [5, 5.41) is 53.4. The van der Waals surface area contributed by atoms with Gasteiger partial charge in [0.1, 0.15) is 24.4 Å². The average molecular weight is 196 g/mol. The lowest BCUT2D eigenvalue weighted by Crippen LogP contribution is -2.49. The molecule has 0 fully saturated rings. The second kappa shape index (κ2) is 5.48. The van der Waals surface area contributed by atoms with Gasteiger partial charge in [0.25, 0.3) is 0 Å². The van der Waals surface area contributed by atoms with Crippen LogP contribution in [-0.2, 0) is 0 Å². The van der Waals surface area contributed by atoms with Crippen LogP contribution in [0, 0.1) is 0 Å². The minimum Gasteiger partial charge on any atom is -0.394 e. The maximum Gasteiger partial charge on any atom is 0.111 e. The van der Waals surface area contributed by atoms with Crippen LogP contribution in [0.3, 0.4) is 0 Å². The molecule has 0 aromatic rings. The minimum atomic E-state index is -1.69. The van der Waals surface area contributed by atoms with E-state index in [2.05, 4.69) is 0 Å². The van der Waals surface area contributed by atoms with E-state index in [0.717, 1.165) is 0 Å². The molecule has 0 radical (unpaired) electrons. The van der Waals surface area contributed by atoms with E-state index in [0.29, 0.717) is 0 Å². The second-order valence-corrected chi connectivity index (χ2v) is 2.96. The molecule has 0 rings (SSSR count). The predicted octanol–water partition coefficient (Wildman–Crippen LogP) is -3.20. The highest BCUT2D eigenvalue weighted by Gasteiger charge is 2.32. The van der Waals surface area contributed by atoms with Crippen molar-refractivity contribution in [3.8, 4) is 0 Å². The van der Waals surface area contributed by atoms with Gasteiger partial charge in [-0.2, -0.15) is 0 Å². The minimum absolute atomic E-state index is 0.731. The van der Waals surface area contributed by atoms with Crippen LogP contribution in [0.4, 0.5) is 0 Å². The van der Waals surface area contributed by atoms with Crippen LogP contribution in [0.25, 0.3) is 0 Å². The first-order valence-electron chi connectivity index (χ1n) is 3.93. The molecule has 80 valence electrons. The van der Waals surface area contributed by atoms with Gasteiger partial charge in [-0.05, 0) is 6.92 Å². The third-order valence-corrected chi connectivity index (χ3v) is 1.78. The first-order valence-corrected chi connectivity index (χ1v) is 3.93. The molecule has 0 aliphatic carbocycles. The Bertz CT molecular complexity index is 139. The molecule has 6 heteroatoms. The van der Waals surface area contributed by atoms with Crippen LogP contribution in [0.5, 0.6) is 0 Å². The molecule has 0 aromatic heterocycles. The highest BCUT2D eigenvalue weighted by Crippen LogP contribution is 2.07. The summed E-state index contributed by atoms with van der Waals surface area (Å²) >= 11 is 0. The highest BCUT2D eigenvalue weighted by atomic mass is 16.4. The van der Waals surface area contributed by atoms with Crippen LogP contribution in [-0.4, -0.2) is 67.8 Å². The summed E-state index contributed by atoms with van der Waals surface area (Å²) in [6.45, 7) is 0.497. The molecule has 0 bridgehead atoms. The number of hydrogen-bond acceptors (Lipinski definition) is 6. The number of aliphatic hydroxyl groups excluding tert-OH is 6. The van der Waals surface area contributed by atoms with Crippen LogP contribution >= 0.6 is 0 Å². The molecular weight excluding hydrogens is 180 g/mol. The summed E-state index contributed by atoms with van der Waals surface area (Å²) in [6.07, 6.45) is -7.70. The number of rotatable bonds is 5. The largest absolute Gasteiger partial charge is 0.394 e. The van der Waals surface area contributed by atoms with Gasteiger partial charge in [0.2, 0.25) is 0 Å². The fourth-order valence-electron chi connectivity index (χ4n) is 0.823. The maximum atomic E-state index is 9.13. The van der Waals surface area contributed by atoms with Gasteiger partial charge >= 0.3 is 0 Å². The van der Waals surface area contributed by atoms with E-state index in [1.807, 2.05) is 0 Å². The zero-order valence-electron chi connectivity index (χ0n) is 7.28. The van der Waals surface area contributed by atoms with Crippen molar-refractivity contribution in [3.63, 3.8) is 0 Å². The second-order valence-electron chi connectivity index (χ2n) is 2.96. The summed E-state index contributed by atoms with van der Waals surface area (Å²) in [4.78, 5) is 0. The predicted molar refractivity (Wildman–Crippen MR) is 42.8 cm³/mol. The van der Waals surface area contributed by atoms with Crippen LogP contribution < -0.4 is 0 Å². The third kappa shape index (κ3) is 3.55. The van der Waals surface area contributed by atoms with Crippen LogP contribution in [0.15, 0.2) is 0 Å². The highest BCUT2D eigenvalue weighted by molar-refractivity contribution is 4.82. The normalized spacial score (nSPS) is 23.3. The lowest BCUT2D eigenvalue weighted by Gasteiger charge is -2.26. The Labute approximate surface area is 75.7 Å². The quantitative estimate of drug-likeness (QED) is 0.275. The topological polar surface area (TPSA) is 121 Å². The van der Waals surface area contributed by atoms with E-state index in [9.17, 15) is 0 Å². The van der Waals surface area contributed by atoms with Crippen molar-refractivity contribution in [1.82, 2.24) is 0 Å². The first-order chi connectivity index (χ1) is 5.91. The molecule has 5 atom stereocenters. The number of aliphatic hydroxyl groups is 6. The van der Waals surface area contributed by atoms with Crippen LogP contribution in [0.1, 0.15) is 6.92 Å². The lowest BCUT2D eigenvalue weighted by atomic mass is 10.0. The fraction of sp³-hybridized carbons (Fsp3) is 1.00. The standard InChI is InChI=1S/C7H16O6/c1-3(9)5(11)7(13)6(12)4(10)2-8/h3-13H,2H2,1H3/t3-,4?,5-,6-,7+/m0/s1. The summed E-state index contributed by atoms with van der Waals surface area (Å²) < 4.78 is 0. The van der Waals surface area contributed by atoms with Crippen molar-refractivity contribution < 1.29 is 30.6 Å². The van der Waals surface area contributed by atoms with Crippen molar-refractivity contribution in [2.45, 2.75) is 37.4 Å². The summed E-state index contributed by atoms with van der Waals surface area (Å²) in [6, 6.07) is 0. The van der Waals surface area contributed by atoms with Crippen molar-refractivity contribution in [2.75, 3.05) is 6.61 Å². The summed E-state index contributed by atoms with van der Waals surface area (Å²) in [5.41, 5.74) is 0. The Morgan fingerprint density at radius 1 is 0.846 bits per heavy atom. The Morgan fingerprint density at radius 3 is 1.62 bits per heavy atom. The van der Waals surface area contributed by atoms with E-state index in [1.54, 1.807) is 0 Å². The summed E-state index contributed by atoms with van der Waals surface area (Å²) in [7, 11) is 0. The first kappa shape index (κ1) is 12.8. The van der Waals surface area contributed by atoms with Gasteiger partial charge in [0.15, 0.2) is 0 Å². The Kier molecular flexibility index (Phi) is 5.38. The molecule has 0 amide bonds. The van der Waals surface area contributed by atoms with Gasteiger partial charge in [-0.15, -0.1) is 0 Å². The van der Waals surface area contributed by atoms with Crippen molar-refractivity contribution in [2.24, 2.45) is 0 Å². The van der Waals surface area contributed by atoms with Gasteiger partial charge in [-0.25, -0.2) is 0 Å². The maximum absolute atomic E-state index is 9.13. The molecule has 1 unspecified atom stereocenters. The SMILES string of the molecule is C[C@H](O)[C@H](O)[C@@H](O)[C@@H](O)C(O)CO. The molecule has 0 heterocycles. The van der Waals surface area contributed by atoms with E-state index in [-0.39, 0.29) is 0 Å². The van der Waals surface area contributed by atoms with Gasteiger partial charge in [0, 0.05) is 0 Å². The van der Waals surface area contributed by atoms with Crippen molar-refractivity contribution >= 4 is 0 Å². The van der Waals surface area contributed by atoms with Gasteiger partial charge in [-0.3, -0.25) is 0 Å². The zero-order valence-corrected chi connectivity index (χ0v) is 7.28. The van der Waals surface area contributed by atoms with Crippen molar-refractivity contribution in [1.29, 1.82) is 0 Å². The van der Waals surface area contributed by atoms with Gasteiger partial charge in [0.05, 0.1) is 12.7 Å². The molecule has 0 saturated carbocycles. The monoisotopic (exact) mass is 196 g/mol. The number of hydrogen-bond donors (Lipinski definition) is 6. The van der Waals surface area contributed by atoms with E-state index in [1.165, 1.54) is 6.92 Å². The molecule has 13 heavy (non-hydrogen) atoms. The molecule has 0 spiro atoms. The zero-order chi connectivity index (χ0) is 10.6. The molecule has 6 N–H and O–H groups in total. The van der Waals surface area contributed by atoms with E-state index >= 15 is 0 Å². The van der Waals surface area contributed by atoms with E-state index < -0.39 is 37.1 Å². The van der Waals surface area contributed by atoms with Crippen LogP contribution in [0.2, 0.25) is 0 Å². The van der Waals surface area contributed by atoms with Crippen molar-refractivity contribution in [3.05, 3.63) is 0 Å². The Balaban J connectivity index is 4.15. The van der Waals surface area contributed by atoms with E-state index in [4.69, 9.17) is 30.6 Å². The average Bonchev–Trinajstić information content (AvgIpc) is 2.12.